The molecular weight excluding hydrogens is 254 g/mol. The van der Waals surface area contributed by atoms with Crippen LogP contribution in [-0.4, -0.2) is 34.5 Å². The highest BCUT2D eigenvalue weighted by atomic mass is 16.4. The van der Waals surface area contributed by atoms with Gasteiger partial charge in [0, 0.05) is 12.6 Å². The van der Waals surface area contributed by atoms with Crippen LogP contribution in [0.25, 0.3) is 0 Å². The van der Waals surface area contributed by atoms with Gasteiger partial charge in [0.25, 0.3) is 0 Å². The number of rotatable bonds is 3. The van der Waals surface area contributed by atoms with E-state index in [1.54, 1.807) is 24.3 Å². The lowest BCUT2D eigenvalue weighted by molar-refractivity contribution is -0.134. The number of hydrogen-bond donors (Lipinski definition) is 1. The summed E-state index contributed by atoms with van der Waals surface area (Å²) in [5.41, 5.74) is 0.815. The zero-order chi connectivity index (χ0) is 14.7. The molecule has 20 heavy (non-hydrogen) atoms. The molecule has 1 amide bonds. The van der Waals surface area contributed by atoms with Gasteiger partial charge in [-0.15, -0.1) is 0 Å². The highest BCUT2D eigenvalue weighted by Gasteiger charge is 2.27. The minimum Gasteiger partial charge on any atom is -0.478 e. The molecule has 1 aromatic carbocycles. The molecule has 4 nitrogen and oxygen atoms in total. The zero-order valence-corrected chi connectivity index (χ0v) is 12.0. The number of aromatic carboxylic acids is 1. The van der Waals surface area contributed by atoms with E-state index in [-0.39, 0.29) is 23.9 Å². The van der Waals surface area contributed by atoms with Crippen molar-refractivity contribution in [2.75, 3.05) is 6.54 Å². The number of likely N-dealkylation sites (tertiary alicyclic amines) is 1. The fourth-order valence-corrected chi connectivity index (χ4v) is 2.93. The Morgan fingerprint density at radius 1 is 1.30 bits per heavy atom. The molecular formula is C16H21NO3. The van der Waals surface area contributed by atoms with E-state index in [2.05, 4.69) is 13.8 Å². The van der Waals surface area contributed by atoms with Gasteiger partial charge in [-0.2, -0.15) is 0 Å². The second kappa shape index (κ2) is 6.07. The van der Waals surface area contributed by atoms with E-state index in [9.17, 15) is 9.59 Å². The lowest BCUT2D eigenvalue weighted by atomic mass is 9.92. The van der Waals surface area contributed by atoms with Crippen molar-refractivity contribution in [1.82, 2.24) is 4.90 Å². The number of benzene rings is 1. The van der Waals surface area contributed by atoms with E-state index >= 15 is 0 Å². The van der Waals surface area contributed by atoms with Gasteiger partial charge in [0.2, 0.25) is 5.91 Å². The molecule has 2 atom stereocenters. The molecule has 0 saturated carbocycles. The van der Waals surface area contributed by atoms with E-state index in [0.717, 1.165) is 19.4 Å². The molecule has 1 aromatic rings. The molecule has 0 bridgehead atoms. The summed E-state index contributed by atoms with van der Waals surface area (Å²) in [7, 11) is 0. The van der Waals surface area contributed by atoms with Crippen LogP contribution in [0.3, 0.4) is 0 Å². The molecule has 1 saturated heterocycles. The number of carboxylic acids is 1. The molecule has 0 spiro atoms. The highest BCUT2D eigenvalue weighted by Crippen LogP contribution is 2.23. The Kier molecular flexibility index (Phi) is 4.42. The van der Waals surface area contributed by atoms with Gasteiger partial charge in [-0.25, -0.2) is 4.79 Å². The maximum atomic E-state index is 12.4. The van der Waals surface area contributed by atoms with Crippen LogP contribution in [0.1, 0.15) is 42.6 Å². The molecule has 0 radical (unpaired) electrons. The fourth-order valence-electron chi connectivity index (χ4n) is 2.93. The van der Waals surface area contributed by atoms with Crippen LogP contribution in [0.4, 0.5) is 0 Å². The first-order valence-electron chi connectivity index (χ1n) is 7.09. The van der Waals surface area contributed by atoms with Crippen molar-refractivity contribution in [3.8, 4) is 0 Å². The summed E-state index contributed by atoms with van der Waals surface area (Å²) in [6, 6.07) is 6.97. The topological polar surface area (TPSA) is 57.6 Å². The predicted molar refractivity (Wildman–Crippen MR) is 76.7 cm³/mol. The maximum Gasteiger partial charge on any atom is 0.335 e. The van der Waals surface area contributed by atoms with Crippen LogP contribution >= 0.6 is 0 Å². The maximum absolute atomic E-state index is 12.4. The summed E-state index contributed by atoms with van der Waals surface area (Å²) in [6.07, 6.45) is 2.21. The van der Waals surface area contributed by atoms with Gasteiger partial charge < -0.3 is 10.0 Å². The van der Waals surface area contributed by atoms with E-state index in [1.165, 1.54) is 0 Å². The third kappa shape index (κ3) is 3.18. The van der Waals surface area contributed by atoms with Gasteiger partial charge in [-0.3, -0.25) is 4.79 Å². The SMILES string of the molecule is CC1CCN(C(=O)Cc2ccccc2C(=O)O)C(C)C1. The number of amides is 1. The molecule has 1 N–H and O–H groups in total. The minimum atomic E-state index is -0.978. The molecule has 1 aliphatic heterocycles. The molecule has 2 rings (SSSR count). The molecule has 1 aliphatic rings. The van der Waals surface area contributed by atoms with Gasteiger partial charge in [-0.1, -0.05) is 25.1 Å². The van der Waals surface area contributed by atoms with Gasteiger partial charge in [0.05, 0.1) is 12.0 Å². The van der Waals surface area contributed by atoms with Crippen LogP contribution in [0.15, 0.2) is 24.3 Å². The minimum absolute atomic E-state index is 0.0260. The monoisotopic (exact) mass is 275 g/mol. The summed E-state index contributed by atoms with van der Waals surface area (Å²) < 4.78 is 0. The molecule has 0 aromatic heterocycles. The van der Waals surface area contributed by atoms with Crippen LogP contribution < -0.4 is 0 Å². The third-order valence-electron chi connectivity index (χ3n) is 4.05. The number of carboxylic acid groups (broad SMARTS) is 1. The summed E-state index contributed by atoms with van der Waals surface area (Å²) in [4.78, 5) is 25.4. The normalized spacial score (nSPS) is 22.6. The van der Waals surface area contributed by atoms with Crippen LogP contribution in [0, 0.1) is 5.92 Å². The van der Waals surface area contributed by atoms with E-state index in [0.29, 0.717) is 11.5 Å². The average molecular weight is 275 g/mol. The lowest BCUT2D eigenvalue weighted by Gasteiger charge is -2.36. The number of carbonyl (C=O) groups is 2. The average Bonchev–Trinajstić information content (AvgIpc) is 2.38. The van der Waals surface area contributed by atoms with Crippen molar-refractivity contribution < 1.29 is 14.7 Å². The second-order valence-electron chi connectivity index (χ2n) is 5.70. The first-order valence-corrected chi connectivity index (χ1v) is 7.09. The number of carbonyl (C=O) groups excluding carboxylic acids is 1. The van der Waals surface area contributed by atoms with Gasteiger partial charge in [0.1, 0.15) is 0 Å². The summed E-state index contributed by atoms with van der Waals surface area (Å²) >= 11 is 0. The number of hydrogen-bond acceptors (Lipinski definition) is 2. The standard InChI is InChI=1S/C16H21NO3/c1-11-7-8-17(12(2)9-11)15(18)10-13-5-3-4-6-14(13)16(19)20/h3-6,11-12H,7-10H2,1-2H3,(H,19,20). The quantitative estimate of drug-likeness (QED) is 0.922. The Hall–Kier alpha value is -1.84. The Morgan fingerprint density at radius 2 is 2.00 bits per heavy atom. The van der Waals surface area contributed by atoms with Crippen molar-refractivity contribution in [1.29, 1.82) is 0 Å². The molecule has 2 unspecified atom stereocenters. The Labute approximate surface area is 119 Å². The van der Waals surface area contributed by atoms with Crippen molar-refractivity contribution in [3.63, 3.8) is 0 Å². The van der Waals surface area contributed by atoms with Gasteiger partial charge in [0.15, 0.2) is 0 Å². The van der Waals surface area contributed by atoms with E-state index < -0.39 is 5.97 Å². The summed E-state index contributed by atoms with van der Waals surface area (Å²) in [6.45, 7) is 5.05. The molecule has 1 heterocycles. The second-order valence-corrected chi connectivity index (χ2v) is 5.70. The van der Waals surface area contributed by atoms with Crippen molar-refractivity contribution in [3.05, 3.63) is 35.4 Å². The van der Waals surface area contributed by atoms with Crippen LogP contribution in [0.2, 0.25) is 0 Å². The Bertz CT molecular complexity index is 512. The predicted octanol–water partition coefficient (Wildman–Crippen LogP) is 2.57. The Balaban J connectivity index is 2.10. The van der Waals surface area contributed by atoms with E-state index in [1.807, 2.05) is 4.90 Å². The van der Waals surface area contributed by atoms with Gasteiger partial charge >= 0.3 is 5.97 Å². The first kappa shape index (κ1) is 14.6. The van der Waals surface area contributed by atoms with E-state index in [4.69, 9.17) is 5.11 Å². The first-order chi connectivity index (χ1) is 9.49. The molecule has 4 heteroatoms. The van der Waals surface area contributed by atoms with Crippen molar-refractivity contribution >= 4 is 11.9 Å². The molecule has 108 valence electrons. The molecule has 1 fully saturated rings. The highest BCUT2D eigenvalue weighted by molar-refractivity contribution is 5.91. The smallest absolute Gasteiger partial charge is 0.335 e. The van der Waals surface area contributed by atoms with Crippen LogP contribution in [-0.2, 0) is 11.2 Å². The van der Waals surface area contributed by atoms with Crippen molar-refractivity contribution in [2.24, 2.45) is 5.92 Å². The Morgan fingerprint density at radius 3 is 2.65 bits per heavy atom. The summed E-state index contributed by atoms with van der Waals surface area (Å²) in [5.74, 6) is -0.299. The van der Waals surface area contributed by atoms with Gasteiger partial charge in [-0.05, 0) is 37.3 Å². The number of nitrogens with zero attached hydrogens (tertiary/aromatic N) is 1. The van der Waals surface area contributed by atoms with Crippen molar-refractivity contribution in [2.45, 2.75) is 39.2 Å². The van der Waals surface area contributed by atoms with Crippen LogP contribution in [0.5, 0.6) is 0 Å². The zero-order valence-electron chi connectivity index (χ0n) is 12.0. The molecule has 0 aliphatic carbocycles. The fraction of sp³-hybridized carbons (Fsp3) is 0.500. The largest absolute Gasteiger partial charge is 0.478 e. The third-order valence-corrected chi connectivity index (χ3v) is 4.05. The summed E-state index contributed by atoms with van der Waals surface area (Å²) in [5, 5.41) is 9.15. The number of piperidine rings is 1. The lowest BCUT2D eigenvalue weighted by Crippen LogP contribution is -2.44.